The Morgan fingerprint density at radius 3 is 1.40 bits per heavy atom. The number of anilines is 2. The molecule has 25 heteroatoms. The number of aromatic nitrogens is 12. The molecule has 6 N–H and O–H groups in total. The molecule has 25 nitrogen and oxygen atoms in total. The van der Waals surface area contributed by atoms with Gasteiger partial charge in [0.05, 0.1) is 40.2 Å². The molecule has 1 aliphatic carbocycles. The van der Waals surface area contributed by atoms with Crippen molar-refractivity contribution < 1.29 is 33.4 Å². The van der Waals surface area contributed by atoms with Gasteiger partial charge in [-0.3, -0.25) is 42.7 Å². The number of nitrogens with two attached hydrogens (primary N) is 2. The van der Waals surface area contributed by atoms with Crippen LogP contribution in [0.1, 0.15) is 271 Å². The summed E-state index contributed by atoms with van der Waals surface area (Å²) < 4.78 is 20.5. The van der Waals surface area contributed by atoms with Gasteiger partial charge in [-0.2, -0.15) is 4.68 Å². The fourth-order valence-electron chi connectivity index (χ4n) is 15.8. The number of pyridine rings is 2. The normalized spacial score (nSPS) is 12.9. The van der Waals surface area contributed by atoms with Crippen LogP contribution in [-0.4, -0.2) is 94.2 Å². The van der Waals surface area contributed by atoms with E-state index in [1.807, 2.05) is 128 Å². The van der Waals surface area contributed by atoms with E-state index in [2.05, 4.69) is 113 Å². The lowest BCUT2D eigenvalue weighted by atomic mass is 10.0. The fourth-order valence-corrected chi connectivity index (χ4v) is 15.8. The van der Waals surface area contributed by atoms with Crippen molar-refractivity contribution in [2.45, 2.75) is 212 Å². The molecule has 0 saturated heterocycles. The monoisotopic (exact) mass is 1690 g/mol. The van der Waals surface area contributed by atoms with Crippen molar-refractivity contribution in [1.82, 2.24) is 68.5 Å². The van der Waals surface area contributed by atoms with Crippen LogP contribution in [0.5, 0.6) is 0 Å². The zero-order valence-electron chi connectivity index (χ0n) is 72.3. The molecule has 0 bridgehead atoms. The number of nitrogen functional groups attached to an aromatic ring is 2. The second kappa shape index (κ2) is 45.0. The van der Waals surface area contributed by atoms with E-state index < -0.39 is 29.3 Å². The van der Waals surface area contributed by atoms with Gasteiger partial charge in [0.2, 0.25) is 0 Å². The summed E-state index contributed by atoms with van der Waals surface area (Å²) in [4.78, 5) is 105. The number of amides is 2. The first kappa shape index (κ1) is 89.9. The lowest BCUT2D eigenvalue weighted by Crippen LogP contribution is -2.32. The number of unbranched alkanes of at least 4 members (excludes halogenated alkanes) is 19. The number of hydrogen-bond donors (Lipinski definition) is 4. The van der Waals surface area contributed by atoms with Gasteiger partial charge in [-0.25, -0.2) is 19.0 Å². The molecule has 0 spiro atoms. The third kappa shape index (κ3) is 24.0. The Bertz CT molecular complexity index is 6190. The number of ether oxygens (including phenoxy) is 2. The molecule has 1 fully saturated rings. The van der Waals surface area contributed by atoms with Crippen LogP contribution in [0.3, 0.4) is 0 Å². The Kier molecular flexibility index (Phi) is 32.1. The van der Waals surface area contributed by atoms with Gasteiger partial charge in [-0.1, -0.05) is 209 Å². The quantitative estimate of drug-likeness (QED) is 0.0119. The third-order valence-corrected chi connectivity index (χ3v) is 22.9. The van der Waals surface area contributed by atoms with Crippen molar-refractivity contribution in [2.75, 3.05) is 18.1 Å². The van der Waals surface area contributed by atoms with Crippen LogP contribution in [0.4, 0.5) is 11.6 Å². The van der Waals surface area contributed by atoms with Gasteiger partial charge in [0.15, 0.2) is 28.6 Å². The first-order chi connectivity index (χ1) is 61.5. The average Bonchev–Trinajstić information content (AvgIpc) is 1.08. The highest BCUT2D eigenvalue weighted by molar-refractivity contribution is 6.05. The summed E-state index contributed by atoms with van der Waals surface area (Å²) in [6.45, 7) is 3.73. The van der Waals surface area contributed by atoms with Crippen molar-refractivity contribution in [3.8, 4) is 35.1 Å². The number of benzene rings is 4. The van der Waals surface area contributed by atoms with E-state index in [0.29, 0.717) is 92.4 Å². The number of rotatable bonds is 44. The summed E-state index contributed by atoms with van der Waals surface area (Å²) in [5.41, 5.74) is 16.8. The van der Waals surface area contributed by atoms with Crippen LogP contribution in [0.15, 0.2) is 223 Å². The van der Waals surface area contributed by atoms with Crippen LogP contribution in [0.25, 0.3) is 44.2 Å². The maximum absolute atomic E-state index is 14.7. The Morgan fingerprint density at radius 2 is 0.937 bits per heavy atom. The smallest absolute Gasteiger partial charge is 0.306 e. The van der Waals surface area contributed by atoms with E-state index in [-0.39, 0.29) is 70.6 Å². The zero-order chi connectivity index (χ0) is 88.0. The summed E-state index contributed by atoms with van der Waals surface area (Å²) >= 11 is 0. The maximum Gasteiger partial charge on any atom is 0.306 e. The minimum atomic E-state index is -0.851. The van der Waals surface area contributed by atoms with Crippen LogP contribution < -0.4 is 33.2 Å². The predicted octanol–water partition coefficient (Wildman–Crippen LogP) is 18.3. The maximum atomic E-state index is 14.7. The van der Waals surface area contributed by atoms with Crippen molar-refractivity contribution in [3.05, 3.63) is 284 Å². The van der Waals surface area contributed by atoms with E-state index in [1.165, 1.54) is 66.6 Å². The largest absolute Gasteiger partial charge is 0.465 e. The number of nitrogens with zero attached hydrogens (tertiary/aromatic N) is 12. The molecule has 650 valence electrons. The lowest BCUT2D eigenvalue weighted by molar-refractivity contribution is -0.146. The number of carbonyl (C=O) groups excluding carboxylic acids is 5. The predicted molar refractivity (Wildman–Crippen MR) is 493 cm³/mol. The summed E-state index contributed by atoms with van der Waals surface area (Å²) in [5, 5.41) is 24.8. The van der Waals surface area contributed by atoms with Gasteiger partial charge in [-0.05, 0) is 187 Å². The highest BCUT2D eigenvalue weighted by Crippen LogP contribution is 2.47. The number of carbonyl (C=O) groups is 5. The highest BCUT2D eigenvalue weighted by atomic mass is 16.5. The molecule has 0 unspecified atom stereocenters. The molecule has 0 aliphatic heterocycles. The van der Waals surface area contributed by atoms with Gasteiger partial charge in [-0.15, -0.1) is 15.3 Å². The van der Waals surface area contributed by atoms with Crippen LogP contribution >= 0.6 is 0 Å². The number of allylic oxidation sites excluding steroid dienone is 8. The molecule has 12 aromatic rings. The molecule has 8 heterocycles. The van der Waals surface area contributed by atoms with Crippen molar-refractivity contribution in [1.29, 1.82) is 0 Å². The van der Waals surface area contributed by atoms with Crippen LogP contribution in [0, 0.1) is 29.1 Å². The number of esters is 2. The van der Waals surface area contributed by atoms with Gasteiger partial charge >= 0.3 is 11.9 Å². The molecule has 1 aliphatic rings. The first-order valence-corrected chi connectivity index (χ1v) is 44.4. The summed E-state index contributed by atoms with van der Waals surface area (Å²) in [7, 11) is 1.90. The molecular weight excluding hydrogens is 1580 g/mol. The average molecular weight is 1690 g/mol. The molecule has 13 rings (SSSR count). The van der Waals surface area contributed by atoms with Gasteiger partial charge < -0.3 is 36.1 Å². The van der Waals surface area contributed by atoms with E-state index >= 15 is 0 Å². The van der Waals surface area contributed by atoms with Gasteiger partial charge in [0, 0.05) is 90.3 Å². The second-order valence-electron chi connectivity index (χ2n) is 32.5. The number of aryl methyl sites for hydroxylation is 1. The minimum absolute atomic E-state index is 0.0127. The Morgan fingerprint density at radius 1 is 0.500 bits per heavy atom. The van der Waals surface area contributed by atoms with Crippen molar-refractivity contribution in [3.63, 3.8) is 0 Å². The molecule has 2 atom stereocenters. The first-order valence-electron chi connectivity index (χ1n) is 44.4. The summed E-state index contributed by atoms with van der Waals surface area (Å²) in [6.07, 6.45) is 56.8. The van der Waals surface area contributed by atoms with Crippen LogP contribution in [0.2, 0.25) is 0 Å². The Labute approximate surface area is 734 Å². The molecular formula is C101H112N16O9. The Hall–Kier alpha value is -13.8. The number of para-hydroxylation sites is 2. The van der Waals surface area contributed by atoms with E-state index in [4.69, 9.17) is 20.9 Å². The number of nitrogens with one attached hydrogen (secondary N) is 2. The van der Waals surface area contributed by atoms with Crippen molar-refractivity contribution >= 4 is 74.1 Å². The molecule has 4 aromatic carbocycles. The molecule has 8 aromatic heterocycles. The van der Waals surface area contributed by atoms with Crippen LogP contribution in [-0.2, 0) is 32.7 Å². The molecule has 2 amide bonds. The number of hydrogen-bond acceptors (Lipinski definition) is 17. The zero-order valence-corrected chi connectivity index (χ0v) is 72.3. The SMILES string of the molecule is C[C@H](NC(=O)c1c(N)nn2cccnc12)c1cc2cccc(C#Cc3cc(COC(=O)CCCCCCC/C=C\C/C=C\CCCCCCCCCC/C=C\C/C=C\CCCCCCCC(=O)OCC4(C(=O)n5cc(C#Cc6cccc7cc([C@H](C)NC(=O)c8c(N)nn9cccnc89)n(-c8ccccc8)c(=O)c67)nn5)CC4)n(C)c3)c2c(=O)n1-c1ccccc1. The highest BCUT2D eigenvalue weighted by Gasteiger charge is 2.52. The summed E-state index contributed by atoms with van der Waals surface area (Å²) in [6, 6.07) is 37.1. The Balaban J connectivity index is 0.413. The molecule has 126 heavy (non-hydrogen) atoms. The van der Waals surface area contributed by atoms with E-state index in [1.54, 1.807) is 65.1 Å². The van der Waals surface area contributed by atoms with E-state index in [9.17, 15) is 33.6 Å². The number of fused-ring (bicyclic) bond motifs is 4. The standard InChI is InChI=1S/C101H112N16O9/c1-73(106-96(120)90-92(102)109-113-64-44-62-104-94(90)113)84-67-78-48-42-46-76(88(78)98(122)116(84)81-50-36-34-37-51-81)57-56-75-66-83(112(3)69-75)71-125-86(118)54-40-32-30-28-26-24-22-20-18-16-14-12-10-8-6-4-5-7-9-11-13-15-17-19-21-23-25-27-29-31-33-41-55-87(119)126-72-101(60-61-101)100(124)115-70-80(108-111-115)59-58-77-47-43-49-79-68-85(117(99(123)89(77)79)82-52-38-35-39-53-82)74(2)107-97(121)91-93(103)110-114-65-45-63-105-95(91)114/h14-17,20-23,34-39,42-53,62-70,73-74H,4-13,18-19,24-33,40-41,54-55,60-61,71-72H2,1-3H3,(H2,102,109)(H2,103,110)(H,106,120)(H,107,121)/b16-14-,17-15-,22-20-,23-21-/t73-,74-/m0/s1. The molecule has 1 saturated carbocycles. The molecule has 0 radical (unpaired) electrons. The second-order valence-corrected chi connectivity index (χ2v) is 32.5. The lowest BCUT2D eigenvalue weighted by Gasteiger charge is -2.21. The topological polar surface area (TPSA) is 320 Å². The fraction of sp³-hybridized carbons (Fsp3) is 0.356. The summed E-state index contributed by atoms with van der Waals surface area (Å²) in [5.74, 6) is 10.9. The minimum Gasteiger partial charge on any atom is -0.465 e. The van der Waals surface area contributed by atoms with Gasteiger partial charge in [0.25, 0.3) is 28.8 Å². The van der Waals surface area contributed by atoms with Gasteiger partial charge in [0.1, 0.15) is 24.3 Å². The van der Waals surface area contributed by atoms with E-state index in [0.717, 1.165) is 119 Å². The third-order valence-electron chi connectivity index (χ3n) is 22.9. The van der Waals surface area contributed by atoms with Crippen molar-refractivity contribution in [2.24, 2.45) is 12.5 Å².